The number of hydrogen-bond acceptors (Lipinski definition) is 3. The van der Waals surface area contributed by atoms with Crippen LogP contribution in [0.2, 0.25) is 19.6 Å². The molecular formula is C45H38IrN2OSi-2. The number of pyridine rings is 2. The van der Waals surface area contributed by atoms with E-state index in [0.717, 1.165) is 44.3 Å². The maximum Gasteiger partial charge on any atom is 0.120 e. The van der Waals surface area contributed by atoms with Crippen molar-refractivity contribution >= 4 is 35.2 Å². The number of aryl methyl sites for hydroxylation is 2. The maximum atomic E-state index is 7.77. The van der Waals surface area contributed by atoms with Crippen molar-refractivity contribution in [2.75, 3.05) is 0 Å². The van der Waals surface area contributed by atoms with Crippen molar-refractivity contribution in [2.24, 2.45) is 0 Å². The molecule has 0 saturated carbocycles. The summed E-state index contributed by atoms with van der Waals surface area (Å²) in [5.41, 5.74) is 8.74. The molecule has 50 heavy (non-hydrogen) atoms. The fourth-order valence-electron chi connectivity index (χ4n) is 5.84. The third kappa shape index (κ3) is 7.46. The van der Waals surface area contributed by atoms with E-state index in [0.29, 0.717) is 16.8 Å². The van der Waals surface area contributed by atoms with E-state index in [1.165, 1.54) is 29.1 Å². The summed E-state index contributed by atoms with van der Waals surface area (Å²) in [7, 11) is -1.30. The van der Waals surface area contributed by atoms with Gasteiger partial charge in [0.15, 0.2) is 0 Å². The Hall–Kier alpha value is -4.93. The van der Waals surface area contributed by atoms with E-state index in [-0.39, 0.29) is 31.2 Å². The van der Waals surface area contributed by atoms with E-state index in [1.807, 2.05) is 60.8 Å². The first-order valence-corrected chi connectivity index (χ1v) is 19.6. The van der Waals surface area contributed by atoms with Crippen molar-refractivity contribution in [1.29, 1.82) is 0 Å². The molecule has 3 aromatic heterocycles. The summed E-state index contributed by atoms with van der Waals surface area (Å²) >= 11 is 0. The minimum absolute atomic E-state index is 0. The van der Waals surface area contributed by atoms with Gasteiger partial charge in [-0.2, -0.15) is 0 Å². The number of benzene rings is 5. The quantitative estimate of drug-likeness (QED) is 0.128. The largest absolute Gasteiger partial charge is 0.501 e. The van der Waals surface area contributed by atoms with E-state index >= 15 is 0 Å². The Bertz CT molecular complexity index is 2600. The molecule has 3 nitrogen and oxygen atoms in total. The second kappa shape index (κ2) is 14.9. The number of aromatic nitrogens is 2. The van der Waals surface area contributed by atoms with Crippen LogP contribution in [-0.4, -0.2) is 18.0 Å². The summed E-state index contributed by atoms with van der Waals surface area (Å²) in [5, 5.41) is 3.69. The normalized spacial score (nSPS) is 13.4. The summed E-state index contributed by atoms with van der Waals surface area (Å²) < 4.78 is 51.7. The number of rotatable bonds is 5. The number of para-hydroxylation sites is 1. The van der Waals surface area contributed by atoms with E-state index in [1.54, 1.807) is 12.1 Å². The molecule has 8 rings (SSSR count). The average Bonchev–Trinajstić information content (AvgIpc) is 3.56. The molecule has 8 aromatic rings. The number of hydrogen-bond donors (Lipinski definition) is 0. The molecule has 3 heterocycles. The van der Waals surface area contributed by atoms with Gasteiger partial charge in [0.2, 0.25) is 0 Å². The van der Waals surface area contributed by atoms with Crippen molar-refractivity contribution in [2.45, 2.75) is 33.3 Å². The summed E-state index contributed by atoms with van der Waals surface area (Å²) in [6, 6.07) is 47.2. The van der Waals surface area contributed by atoms with Gasteiger partial charge in [0.05, 0.1) is 13.7 Å². The summed E-state index contributed by atoms with van der Waals surface area (Å²) in [6.45, 7) is 2.64. The predicted octanol–water partition coefficient (Wildman–Crippen LogP) is 11.5. The van der Waals surface area contributed by atoms with Gasteiger partial charge in [-0.1, -0.05) is 139 Å². The van der Waals surface area contributed by atoms with Crippen molar-refractivity contribution in [3.05, 3.63) is 163 Å². The van der Waals surface area contributed by atoms with Gasteiger partial charge in [0, 0.05) is 46.1 Å². The zero-order valence-corrected chi connectivity index (χ0v) is 31.3. The maximum absolute atomic E-state index is 7.77. The van der Waals surface area contributed by atoms with Crippen LogP contribution in [0, 0.1) is 25.8 Å². The van der Waals surface area contributed by atoms with Crippen molar-refractivity contribution in [3.63, 3.8) is 0 Å². The Kier molecular flexibility index (Phi) is 8.30. The number of nitrogens with zero attached hydrogens (tertiary/aromatic N) is 2. The first kappa shape index (κ1) is 27.8. The smallest absolute Gasteiger partial charge is 0.120 e. The summed E-state index contributed by atoms with van der Waals surface area (Å²) in [5.74, 6) is 0. The topological polar surface area (TPSA) is 38.9 Å². The molecule has 0 amide bonds. The molecule has 0 atom stereocenters. The molecule has 0 aliphatic rings. The van der Waals surface area contributed by atoms with Gasteiger partial charge >= 0.3 is 0 Å². The summed E-state index contributed by atoms with van der Waals surface area (Å²) in [6.07, 6.45) is 3.18. The second-order valence-corrected chi connectivity index (χ2v) is 18.0. The Labute approximate surface area is 317 Å². The van der Waals surface area contributed by atoms with Crippen LogP contribution in [0.3, 0.4) is 0 Å². The van der Waals surface area contributed by atoms with Gasteiger partial charge in [-0.3, -0.25) is 0 Å². The molecule has 0 aliphatic carbocycles. The molecule has 0 bridgehead atoms. The second-order valence-electron chi connectivity index (χ2n) is 12.9. The van der Waals surface area contributed by atoms with E-state index in [9.17, 15) is 0 Å². The zero-order chi connectivity index (χ0) is 39.0. The van der Waals surface area contributed by atoms with Crippen LogP contribution in [0.15, 0.2) is 144 Å². The third-order valence-electron chi connectivity index (χ3n) is 8.51. The Balaban J connectivity index is 0.000000188. The Morgan fingerprint density at radius 2 is 1.48 bits per heavy atom. The minimum atomic E-state index is -2.27. The molecule has 5 aromatic carbocycles. The van der Waals surface area contributed by atoms with Crippen LogP contribution in [0.25, 0.3) is 66.7 Å². The molecular weight excluding hydrogens is 805 g/mol. The van der Waals surface area contributed by atoms with Gasteiger partial charge in [0.25, 0.3) is 0 Å². The van der Waals surface area contributed by atoms with Crippen LogP contribution in [0.5, 0.6) is 0 Å². The van der Waals surface area contributed by atoms with E-state index < -0.39 is 21.8 Å². The SMILES string of the molecule is C[Si](C)(C)c1ccc(-c2ccnc(-c3[c-]ccc4c3oc3ccccc34)c2)cc1.[2H]C([2H])([2H])c1ccc(-c2[c-]cc(C([2H])([2H])[2H])c(-c3ccccc3)c2)nc1.[Ir]. The molecule has 0 aliphatic heterocycles. The molecule has 0 unspecified atom stereocenters. The van der Waals surface area contributed by atoms with Gasteiger partial charge in [0.1, 0.15) is 5.58 Å². The molecule has 0 spiro atoms. The van der Waals surface area contributed by atoms with Gasteiger partial charge in [-0.15, -0.1) is 47.5 Å². The van der Waals surface area contributed by atoms with Crippen molar-refractivity contribution in [1.82, 2.24) is 9.97 Å². The van der Waals surface area contributed by atoms with Crippen LogP contribution >= 0.6 is 0 Å². The van der Waals surface area contributed by atoms with Gasteiger partial charge < -0.3 is 14.4 Å². The van der Waals surface area contributed by atoms with E-state index in [4.69, 9.17) is 12.6 Å². The fourth-order valence-corrected chi connectivity index (χ4v) is 7.01. The van der Waals surface area contributed by atoms with Crippen molar-refractivity contribution < 1.29 is 32.7 Å². The third-order valence-corrected chi connectivity index (χ3v) is 10.6. The number of furan rings is 1. The van der Waals surface area contributed by atoms with Gasteiger partial charge in [-0.05, 0) is 52.6 Å². The minimum Gasteiger partial charge on any atom is -0.501 e. The zero-order valence-electron chi connectivity index (χ0n) is 33.9. The molecule has 0 N–H and O–H groups in total. The van der Waals surface area contributed by atoms with Crippen LogP contribution in [0.4, 0.5) is 0 Å². The fraction of sp³-hybridized carbons (Fsp3) is 0.111. The molecule has 1 radical (unpaired) electrons. The first-order valence-electron chi connectivity index (χ1n) is 19.1. The Morgan fingerprint density at radius 1 is 0.680 bits per heavy atom. The number of fused-ring (bicyclic) bond motifs is 3. The van der Waals surface area contributed by atoms with Crippen LogP contribution in [-0.2, 0) is 20.1 Å². The van der Waals surface area contributed by atoms with E-state index in [2.05, 4.69) is 90.3 Å². The molecule has 0 fully saturated rings. The first-order chi connectivity index (χ1) is 26.2. The van der Waals surface area contributed by atoms with Crippen molar-refractivity contribution in [3.8, 4) is 44.8 Å². The standard InChI is InChI=1S/C26H22NOSi.C19H16N.Ir/c1-29(2,3)20-13-11-18(12-14-20)19-15-16-27-24(17-19)23-9-6-8-22-21-7-4-5-10-25(21)28-26(22)23;1-14-8-11-19(20-13-14)17-10-9-15(2)18(12-17)16-6-4-3-5-7-16;/h4-8,10-17H,1-3H3;3-9,11-13H,1-2H3;/q2*-1;/i;1D3,2D3;. The van der Waals surface area contributed by atoms with Gasteiger partial charge in [-0.25, -0.2) is 0 Å². The summed E-state index contributed by atoms with van der Waals surface area (Å²) in [4.78, 5) is 8.84. The molecule has 5 heteroatoms. The van der Waals surface area contributed by atoms with Crippen LogP contribution < -0.4 is 5.19 Å². The Morgan fingerprint density at radius 3 is 2.22 bits per heavy atom. The average molecular weight is 849 g/mol. The molecule has 249 valence electrons. The molecule has 0 saturated heterocycles. The predicted molar refractivity (Wildman–Crippen MR) is 208 cm³/mol. The van der Waals surface area contributed by atoms with Crippen LogP contribution in [0.1, 0.15) is 19.4 Å². The monoisotopic (exact) mass is 849 g/mol.